The monoisotopic (exact) mass is 420 g/mol. The Kier molecular flexibility index (Phi) is 5.64. The molecule has 2 aromatic rings. The molecule has 1 aliphatic heterocycles. The lowest BCUT2D eigenvalue weighted by molar-refractivity contribution is -0.137. The van der Waals surface area contributed by atoms with Crippen LogP contribution in [0.25, 0.3) is 0 Å². The summed E-state index contributed by atoms with van der Waals surface area (Å²) in [7, 11) is -0.989. The van der Waals surface area contributed by atoms with Crippen LogP contribution in [0.15, 0.2) is 42.5 Å². The summed E-state index contributed by atoms with van der Waals surface area (Å²) in [6.45, 7) is 9.08. The van der Waals surface area contributed by atoms with Crippen molar-refractivity contribution < 1.29 is 27.3 Å². The molecule has 2 N–H and O–H groups in total. The molecule has 0 aromatic heterocycles. The fourth-order valence-corrected chi connectivity index (χ4v) is 3.00. The second kappa shape index (κ2) is 7.63. The second-order valence-corrected chi connectivity index (χ2v) is 8.32. The lowest BCUT2D eigenvalue weighted by Gasteiger charge is -2.32. The summed E-state index contributed by atoms with van der Waals surface area (Å²) in [6.07, 6.45) is -4.59. The van der Waals surface area contributed by atoms with Crippen molar-refractivity contribution in [2.24, 2.45) is 0 Å². The number of nitrogens with one attached hydrogen (secondary N) is 2. The van der Waals surface area contributed by atoms with Gasteiger partial charge in [-0.1, -0.05) is 24.3 Å². The van der Waals surface area contributed by atoms with E-state index in [1.807, 2.05) is 46.8 Å². The largest absolute Gasteiger partial charge is 0.494 e. The molecule has 0 aliphatic carbocycles. The summed E-state index contributed by atoms with van der Waals surface area (Å²) in [5.74, 6) is 0. The van der Waals surface area contributed by atoms with E-state index in [1.54, 1.807) is 12.1 Å². The zero-order valence-corrected chi connectivity index (χ0v) is 17.5. The Hall–Kier alpha value is -2.52. The Bertz CT molecular complexity index is 945. The first-order chi connectivity index (χ1) is 13.8. The highest BCUT2D eigenvalue weighted by atomic mass is 19.4. The van der Waals surface area contributed by atoms with Crippen LogP contribution in [0.2, 0.25) is 0 Å². The first-order valence-electron chi connectivity index (χ1n) is 9.50. The van der Waals surface area contributed by atoms with Gasteiger partial charge in [-0.25, -0.2) is 4.79 Å². The van der Waals surface area contributed by atoms with Crippen LogP contribution in [0.5, 0.6) is 0 Å². The number of carbonyl (C=O) groups excluding carboxylic acids is 1. The van der Waals surface area contributed by atoms with Crippen molar-refractivity contribution in [1.82, 2.24) is 0 Å². The van der Waals surface area contributed by atoms with Crippen molar-refractivity contribution in [1.29, 1.82) is 0 Å². The number of amides is 2. The van der Waals surface area contributed by atoms with Gasteiger partial charge >= 0.3 is 19.3 Å². The average molecular weight is 420 g/mol. The molecule has 3 rings (SSSR count). The van der Waals surface area contributed by atoms with Gasteiger partial charge in [0.15, 0.2) is 0 Å². The minimum Gasteiger partial charge on any atom is -0.399 e. The van der Waals surface area contributed by atoms with Gasteiger partial charge in [-0.15, -0.1) is 0 Å². The molecule has 9 heteroatoms. The minimum atomic E-state index is -4.59. The van der Waals surface area contributed by atoms with Crippen LogP contribution in [-0.4, -0.2) is 24.4 Å². The molecule has 1 saturated heterocycles. The summed E-state index contributed by atoms with van der Waals surface area (Å²) in [6, 6.07) is 9.73. The number of aryl methyl sites for hydroxylation is 1. The van der Waals surface area contributed by atoms with Crippen LogP contribution in [0.1, 0.15) is 38.8 Å². The second-order valence-electron chi connectivity index (χ2n) is 8.32. The summed E-state index contributed by atoms with van der Waals surface area (Å²) >= 11 is 0. The fourth-order valence-electron chi connectivity index (χ4n) is 3.00. The Labute approximate surface area is 174 Å². The van der Waals surface area contributed by atoms with Crippen molar-refractivity contribution in [3.63, 3.8) is 0 Å². The van der Waals surface area contributed by atoms with E-state index in [-0.39, 0.29) is 11.2 Å². The molecule has 1 aliphatic rings. The Morgan fingerprint density at radius 1 is 0.967 bits per heavy atom. The molecular weight excluding hydrogens is 396 g/mol. The first-order valence-corrected chi connectivity index (χ1v) is 9.50. The van der Waals surface area contributed by atoms with Crippen LogP contribution in [0, 0.1) is 6.92 Å². The topological polar surface area (TPSA) is 59.6 Å². The van der Waals surface area contributed by atoms with Gasteiger partial charge in [-0.3, -0.25) is 0 Å². The zero-order chi connectivity index (χ0) is 22.3. The molecular formula is C21H24BF3N2O3. The molecule has 2 aromatic carbocycles. The third-order valence-corrected chi connectivity index (χ3v) is 5.46. The summed E-state index contributed by atoms with van der Waals surface area (Å²) < 4.78 is 52.1. The van der Waals surface area contributed by atoms with Gasteiger partial charge in [0.2, 0.25) is 0 Å². The number of para-hydroxylation sites is 1. The zero-order valence-electron chi connectivity index (χ0n) is 17.5. The van der Waals surface area contributed by atoms with Crippen molar-refractivity contribution in [2.45, 2.75) is 52.0 Å². The maximum absolute atomic E-state index is 13.5. The number of rotatable bonds is 3. The number of urea groups is 1. The maximum Gasteiger partial charge on any atom is 0.494 e. The van der Waals surface area contributed by atoms with Crippen molar-refractivity contribution in [3.8, 4) is 0 Å². The minimum absolute atomic E-state index is 0.0133. The van der Waals surface area contributed by atoms with E-state index >= 15 is 0 Å². The fraction of sp³-hybridized carbons (Fsp3) is 0.381. The van der Waals surface area contributed by atoms with Gasteiger partial charge in [0, 0.05) is 11.4 Å². The van der Waals surface area contributed by atoms with Crippen molar-refractivity contribution in [2.75, 3.05) is 10.6 Å². The number of carbonyl (C=O) groups is 1. The molecule has 0 saturated carbocycles. The number of hydrogen-bond donors (Lipinski definition) is 2. The first kappa shape index (κ1) is 22.2. The van der Waals surface area contributed by atoms with Gasteiger partial charge < -0.3 is 19.9 Å². The third-order valence-electron chi connectivity index (χ3n) is 5.46. The molecule has 5 nitrogen and oxygen atoms in total. The van der Waals surface area contributed by atoms with E-state index in [0.29, 0.717) is 5.69 Å². The van der Waals surface area contributed by atoms with Gasteiger partial charge in [-0.2, -0.15) is 13.2 Å². The Morgan fingerprint density at radius 3 is 2.13 bits per heavy atom. The molecule has 0 unspecified atom stereocenters. The van der Waals surface area contributed by atoms with Crippen LogP contribution >= 0.6 is 0 Å². The van der Waals surface area contributed by atoms with Crippen LogP contribution in [0.3, 0.4) is 0 Å². The standard InChI is InChI=1S/C21H24BF3N2O3/c1-13-8-6-7-9-17(13)27-18(28)26-16-11-14(21(23,24)25)10-15(12-16)22-29-19(2,3)20(4,5)30-22/h6-12H,1-5H3,(H2,26,27,28). The number of anilines is 2. The van der Waals surface area contributed by atoms with E-state index in [9.17, 15) is 18.0 Å². The molecule has 160 valence electrons. The predicted molar refractivity (Wildman–Crippen MR) is 111 cm³/mol. The number of alkyl halides is 3. The average Bonchev–Trinajstić information content (AvgIpc) is 2.83. The quantitative estimate of drug-likeness (QED) is 0.691. The molecule has 0 bridgehead atoms. The van der Waals surface area contributed by atoms with Crippen LogP contribution < -0.4 is 16.1 Å². The summed E-state index contributed by atoms with van der Waals surface area (Å²) in [5.41, 5.74) is -0.761. The van der Waals surface area contributed by atoms with Gasteiger partial charge in [0.1, 0.15) is 0 Å². The highest BCUT2D eigenvalue weighted by Gasteiger charge is 2.52. The Balaban J connectivity index is 1.89. The molecule has 1 fully saturated rings. The van der Waals surface area contributed by atoms with E-state index in [2.05, 4.69) is 10.6 Å². The number of hydrogen-bond acceptors (Lipinski definition) is 3. The van der Waals surface area contributed by atoms with Gasteiger partial charge in [0.25, 0.3) is 0 Å². The highest BCUT2D eigenvalue weighted by Crippen LogP contribution is 2.37. The third kappa shape index (κ3) is 4.62. The van der Waals surface area contributed by atoms with E-state index in [4.69, 9.17) is 9.31 Å². The maximum atomic E-state index is 13.5. The molecule has 30 heavy (non-hydrogen) atoms. The van der Waals surface area contributed by atoms with Gasteiger partial charge in [-0.05, 0) is 63.8 Å². The summed E-state index contributed by atoms with van der Waals surface area (Å²) in [4.78, 5) is 12.4. The Morgan fingerprint density at radius 2 is 1.57 bits per heavy atom. The normalized spacial score (nSPS) is 17.7. The molecule has 0 spiro atoms. The molecule has 2 amide bonds. The van der Waals surface area contributed by atoms with E-state index in [0.717, 1.165) is 17.7 Å². The molecule has 0 radical (unpaired) electrons. The molecule has 1 heterocycles. The van der Waals surface area contributed by atoms with Crippen LogP contribution in [-0.2, 0) is 15.5 Å². The predicted octanol–water partition coefficient (Wildman–Crippen LogP) is 4.96. The van der Waals surface area contributed by atoms with Crippen molar-refractivity contribution >= 4 is 30.0 Å². The highest BCUT2D eigenvalue weighted by molar-refractivity contribution is 6.62. The van der Waals surface area contributed by atoms with Gasteiger partial charge in [0.05, 0.1) is 16.8 Å². The lowest BCUT2D eigenvalue weighted by Crippen LogP contribution is -2.41. The number of benzene rings is 2. The SMILES string of the molecule is Cc1ccccc1NC(=O)Nc1cc(B2OC(C)(C)C(C)(C)O2)cc(C(F)(F)F)c1. The van der Waals surface area contributed by atoms with E-state index < -0.39 is 36.1 Å². The van der Waals surface area contributed by atoms with Crippen molar-refractivity contribution in [3.05, 3.63) is 53.6 Å². The van der Waals surface area contributed by atoms with Crippen LogP contribution in [0.4, 0.5) is 29.3 Å². The summed E-state index contributed by atoms with van der Waals surface area (Å²) in [5, 5.41) is 5.11. The molecule has 0 atom stereocenters. The van der Waals surface area contributed by atoms with E-state index in [1.165, 1.54) is 6.07 Å². The lowest BCUT2D eigenvalue weighted by atomic mass is 9.78. The number of halogens is 3. The smallest absolute Gasteiger partial charge is 0.399 e.